The van der Waals surface area contributed by atoms with Gasteiger partial charge in [0.1, 0.15) is 0 Å². The number of pyridine rings is 1. The highest BCUT2D eigenvalue weighted by Gasteiger charge is 2.35. The molecule has 1 saturated heterocycles. The lowest BCUT2D eigenvalue weighted by molar-refractivity contribution is -0.139. The Morgan fingerprint density at radius 3 is 2.62 bits per heavy atom. The Kier molecular flexibility index (Phi) is 4.32. The van der Waals surface area contributed by atoms with E-state index in [1.54, 1.807) is 12.4 Å². The van der Waals surface area contributed by atoms with Gasteiger partial charge in [-0.25, -0.2) is 0 Å². The average Bonchev–Trinajstić information content (AvgIpc) is 3.33. The zero-order valence-electron chi connectivity index (χ0n) is 13.9. The van der Waals surface area contributed by atoms with Crippen LogP contribution in [0.15, 0.2) is 30.7 Å². The molecule has 2 aromatic rings. The fourth-order valence-electron chi connectivity index (χ4n) is 4.21. The second kappa shape index (κ2) is 6.75. The maximum atomic E-state index is 13.0. The summed E-state index contributed by atoms with van der Waals surface area (Å²) in [6.07, 6.45) is 13.3. The summed E-state index contributed by atoms with van der Waals surface area (Å²) in [5.41, 5.74) is 3.27. The maximum absolute atomic E-state index is 13.0. The Hall–Kier alpha value is -2.17. The maximum Gasteiger partial charge on any atom is 0.226 e. The molecule has 1 amide bonds. The van der Waals surface area contributed by atoms with E-state index >= 15 is 0 Å². The van der Waals surface area contributed by atoms with Gasteiger partial charge in [0.15, 0.2) is 0 Å². The molecule has 1 aliphatic heterocycles. The number of H-pyrrole nitrogens is 1. The first kappa shape index (κ1) is 15.4. The summed E-state index contributed by atoms with van der Waals surface area (Å²) in [6, 6.07) is 4.12. The molecule has 5 nitrogen and oxygen atoms in total. The van der Waals surface area contributed by atoms with E-state index in [0.29, 0.717) is 5.91 Å². The molecule has 2 aliphatic rings. The number of carbonyl (C=O) groups is 1. The van der Waals surface area contributed by atoms with Gasteiger partial charge in [-0.2, -0.15) is 5.10 Å². The van der Waals surface area contributed by atoms with Gasteiger partial charge in [0.25, 0.3) is 0 Å². The molecular weight excluding hydrogens is 300 g/mol. The molecule has 1 atom stereocenters. The molecular formula is C19H24N4O. The molecule has 0 spiro atoms. The number of likely N-dealkylation sites (tertiary alicyclic amines) is 1. The molecule has 3 heterocycles. The van der Waals surface area contributed by atoms with Gasteiger partial charge in [-0.1, -0.05) is 12.8 Å². The number of rotatable bonds is 3. The molecule has 1 saturated carbocycles. The van der Waals surface area contributed by atoms with Crippen molar-refractivity contribution in [1.29, 1.82) is 0 Å². The van der Waals surface area contributed by atoms with Crippen LogP contribution in [0.4, 0.5) is 0 Å². The number of amides is 1. The van der Waals surface area contributed by atoms with E-state index in [1.807, 2.05) is 18.3 Å². The second-order valence-electron chi connectivity index (χ2n) is 6.96. The van der Waals surface area contributed by atoms with Crippen molar-refractivity contribution >= 4 is 5.91 Å². The lowest BCUT2D eigenvalue weighted by atomic mass is 9.93. The van der Waals surface area contributed by atoms with Gasteiger partial charge in [-0.15, -0.1) is 0 Å². The van der Waals surface area contributed by atoms with Crippen molar-refractivity contribution in [2.45, 2.75) is 51.0 Å². The van der Waals surface area contributed by atoms with Crippen LogP contribution in [-0.2, 0) is 4.79 Å². The van der Waals surface area contributed by atoms with Crippen LogP contribution in [-0.4, -0.2) is 32.5 Å². The first-order valence-corrected chi connectivity index (χ1v) is 9.09. The van der Waals surface area contributed by atoms with Crippen LogP contribution in [0.1, 0.15) is 56.7 Å². The molecule has 0 aromatic carbocycles. The number of hydrogen-bond acceptors (Lipinski definition) is 3. The van der Waals surface area contributed by atoms with Crippen LogP contribution in [0, 0.1) is 5.92 Å². The summed E-state index contributed by atoms with van der Waals surface area (Å²) in [5, 5.41) is 7.47. The summed E-state index contributed by atoms with van der Waals surface area (Å²) < 4.78 is 0. The van der Waals surface area contributed by atoms with Gasteiger partial charge in [-0.3, -0.25) is 14.9 Å². The van der Waals surface area contributed by atoms with Gasteiger partial charge in [0.2, 0.25) is 5.91 Å². The Morgan fingerprint density at radius 2 is 1.83 bits per heavy atom. The lowest BCUT2D eigenvalue weighted by Crippen LogP contribution is -2.41. The van der Waals surface area contributed by atoms with Crippen molar-refractivity contribution in [2.24, 2.45) is 5.92 Å². The highest BCUT2D eigenvalue weighted by Crippen LogP contribution is 2.38. The summed E-state index contributed by atoms with van der Waals surface area (Å²) >= 11 is 0. The Balaban J connectivity index is 1.64. The second-order valence-corrected chi connectivity index (χ2v) is 6.96. The van der Waals surface area contributed by atoms with Crippen molar-refractivity contribution in [2.75, 3.05) is 6.54 Å². The van der Waals surface area contributed by atoms with Crippen LogP contribution in [0.25, 0.3) is 11.1 Å². The number of aromatic amines is 1. The fourth-order valence-corrected chi connectivity index (χ4v) is 4.21. The van der Waals surface area contributed by atoms with E-state index in [4.69, 9.17) is 0 Å². The minimum atomic E-state index is 0.123. The quantitative estimate of drug-likeness (QED) is 0.936. The first-order valence-electron chi connectivity index (χ1n) is 9.09. The third-order valence-electron chi connectivity index (χ3n) is 5.48. The monoisotopic (exact) mass is 324 g/mol. The number of piperidine rings is 1. The molecule has 24 heavy (non-hydrogen) atoms. The number of nitrogens with one attached hydrogen (secondary N) is 1. The van der Waals surface area contributed by atoms with Gasteiger partial charge in [0, 0.05) is 30.4 Å². The standard InChI is InChI=1S/C19H24N4O/c24-19(15-5-1-2-6-15)23-12-4-3-7-17(23)18-16(13-21-22-18)14-8-10-20-11-9-14/h8-11,13,15,17H,1-7,12H2,(H,21,22)/t17-/m0/s1. The van der Waals surface area contributed by atoms with Crippen LogP contribution >= 0.6 is 0 Å². The van der Waals surface area contributed by atoms with Gasteiger partial charge >= 0.3 is 0 Å². The van der Waals surface area contributed by atoms with Crippen LogP contribution < -0.4 is 0 Å². The Bertz CT molecular complexity index is 690. The molecule has 0 unspecified atom stereocenters. The smallest absolute Gasteiger partial charge is 0.226 e. The predicted octanol–water partition coefficient (Wildman–Crippen LogP) is 3.72. The largest absolute Gasteiger partial charge is 0.334 e. The Morgan fingerprint density at radius 1 is 1.08 bits per heavy atom. The molecule has 2 fully saturated rings. The summed E-state index contributed by atoms with van der Waals surface area (Å²) in [4.78, 5) is 19.3. The average molecular weight is 324 g/mol. The number of carbonyl (C=O) groups excluding carboxylic acids is 1. The number of nitrogens with zero attached hydrogens (tertiary/aromatic N) is 3. The zero-order valence-corrected chi connectivity index (χ0v) is 13.9. The molecule has 126 valence electrons. The van der Waals surface area contributed by atoms with Crippen molar-refractivity contribution in [3.63, 3.8) is 0 Å². The lowest BCUT2D eigenvalue weighted by Gasteiger charge is -2.37. The fraction of sp³-hybridized carbons (Fsp3) is 0.526. The van der Waals surface area contributed by atoms with Crippen molar-refractivity contribution in [3.8, 4) is 11.1 Å². The van der Waals surface area contributed by atoms with Gasteiger partial charge in [0.05, 0.1) is 17.9 Å². The third kappa shape index (κ3) is 2.83. The van der Waals surface area contributed by atoms with Crippen molar-refractivity contribution in [3.05, 3.63) is 36.4 Å². The highest BCUT2D eigenvalue weighted by molar-refractivity contribution is 5.80. The van der Waals surface area contributed by atoms with Crippen molar-refractivity contribution in [1.82, 2.24) is 20.1 Å². The minimum Gasteiger partial charge on any atom is -0.334 e. The minimum absolute atomic E-state index is 0.123. The third-order valence-corrected chi connectivity index (χ3v) is 5.48. The first-order chi connectivity index (χ1) is 11.8. The van der Waals surface area contributed by atoms with Gasteiger partial charge in [-0.05, 0) is 49.8 Å². The summed E-state index contributed by atoms with van der Waals surface area (Å²) in [7, 11) is 0. The molecule has 0 bridgehead atoms. The molecule has 4 rings (SSSR count). The molecule has 0 radical (unpaired) electrons. The van der Waals surface area contributed by atoms with E-state index < -0.39 is 0 Å². The summed E-state index contributed by atoms with van der Waals surface area (Å²) in [6.45, 7) is 0.870. The molecule has 1 aliphatic carbocycles. The predicted molar refractivity (Wildman–Crippen MR) is 92.1 cm³/mol. The number of aromatic nitrogens is 3. The number of hydrogen-bond donors (Lipinski definition) is 1. The normalized spacial score (nSPS) is 22.0. The van der Waals surface area contributed by atoms with Crippen LogP contribution in [0.2, 0.25) is 0 Å². The highest BCUT2D eigenvalue weighted by atomic mass is 16.2. The van der Waals surface area contributed by atoms with E-state index in [9.17, 15) is 4.79 Å². The van der Waals surface area contributed by atoms with E-state index in [2.05, 4.69) is 20.1 Å². The van der Waals surface area contributed by atoms with E-state index in [-0.39, 0.29) is 12.0 Å². The van der Waals surface area contributed by atoms with Gasteiger partial charge < -0.3 is 4.90 Å². The molecule has 2 aromatic heterocycles. The molecule has 1 N–H and O–H groups in total. The SMILES string of the molecule is O=C(C1CCCC1)N1CCCC[C@H]1c1[nH]ncc1-c1ccncc1. The van der Waals surface area contributed by atoms with Crippen LogP contribution in [0.5, 0.6) is 0 Å². The van der Waals surface area contributed by atoms with Crippen LogP contribution in [0.3, 0.4) is 0 Å². The Labute approximate surface area is 142 Å². The summed E-state index contributed by atoms with van der Waals surface area (Å²) in [5.74, 6) is 0.588. The topological polar surface area (TPSA) is 61.9 Å². The molecule has 5 heteroatoms. The van der Waals surface area contributed by atoms with Crippen molar-refractivity contribution < 1.29 is 4.79 Å². The van der Waals surface area contributed by atoms with E-state index in [1.165, 1.54) is 12.8 Å². The van der Waals surface area contributed by atoms with E-state index in [0.717, 1.165) is 55.5 Å². The zero-order chi connectivity index (χ0) is 16.4.